The van der Waals surface area contributed by atoms with Crippen molar-refractivity contribution in [3.05, 3.63) is 59.9 Å². The van der Waals surface area contributed by atoms with Gasteiger partial charge in [-0.05, 0) is 43.0 Å². The topological polar surface area (TPSA) is 117 Å². The van der Waals surface area contributed by atoms with Gasteiger partial charge < -0.3 is 19.6 Å². The number of nitrogens with zero attached hydrogens (tertiary/aromatic N) is 5. The molecule has 1 N–H and O–H groups in total. The van der Waals surface area contributed by atoms with E-state index >= 15 is 0 Å². The lowest BCUT2D eigenvalue weighted by molar-refractivity contribution is -0.149. The number of carbonyl (C=O) groups excluding carboxylic acids is 1. The average Bonchev–Trinajstić information content (AvgIpc) is 3.39. The molecule has 4 rings (SSSR count). The summed E-state index contributed by atoms with van der Waals surface area (Å²) in [6, 6.07) is 11.6. The summed E-state index contributed by atoms with van der Waals surface area (Å²) in [6.45, 7) is 3.48. The van der Waals surface area contributed by atoms with Crippen molar-refractivity contribution < 1.29 is 24.3 Å². The maximum absolute atomic E-state index is 12.9. The van der Waals surface area contributed by atoms with Gasteiger partial charge in [0.05, 0.1) is 23.7 Å². The summed E-state index contributed by atoms with van der Waals surface area (Å²) in [7, 11) is 0. The monoisotopic (exact) mass is 479 g/mol. The number of benzene rings is 1. The van der Waals surface area contributed by atoms with Crippen LogP contribution in [-0.4, -0.2) is 77.2 Å². The van der Waals surface area contributed by atoms with Crippen molar-refractivity contribution in [2.24, 2.45) is 10.3 Å². The van der Waals surface area contributed by atoms with Crippen LogP contribution in [0.2, 0.25) is 0 Å². The molecule has 2 aromatic rings. The number of amides is 1. The van der Waals surface area contributed by atoms with E-state index in [2.05, 4.69) is 15.2 Å². The summed E-state index contributed by atoms with van der Waals surface area (Å²) in [5.41, 5.74) is 3.56. The van der Waals surface area contributed by atoms with Crippen LogP contribution in [0.15, 0.2) is 59.0 Å². The zero-order chi connectivity index (χ0) is 24.6. The maximum Gasteiger partial charge on any atom is 0.329 e. The second-order valence-corrected chi connectivity index (χ2v) is 8.35. The van der Waals surface area contributed by atoms with Crippen LogP contribution in [-0.2, 0) is 19.2 Å². The number of hydrazone groups is 1. The number of carbonyl (C=O) groups is 2. The Balaban J connectivity index is 1.28. The van der Waals surface area contributed by atoms with Gasteiger partial charge in [-0.1, -0.05) is 29.4 Å². The Morgan fingerprint density at radius 3 is 2.57 bits per heavy atom. The number of carboxylic acids is 1. The minimum Gasteiger partial charge on any atom is -0.480 e. The molecule has 2 aliphatic heterocycles. The molecule has 184 valence electrons. The summed E-state index contributed by atoms with van der Waals surface area (Å²) in [6.07, 6.45) is 6.14. The van der Waals surface area contributed by atoms with E-state index in [0.29, 0.717) is 32.4 Å². The van der Waals surface area contributed by atoms with Crippen LogP contribution in [0.3, 0.4) is 0 Å². The molecular formula is C25H29N5O5. The third kappa shape index (κ3) is 6.42. The Bertz CT molecular complexity index is 1070. The van der Waals surface area contributed by atoms with Crippen LogP contribution >= 0.6 is 0 Å². The molecule has 0 saturated carbocycles. The van der Waals surface area contributed by atoms with E-state index in [1.165, 1.54) is 0 Å². The molecule has 0 radical (unpaired) electrons. The zero-order valence-corrected chi connectivity index (χ0v) is 19.6. The molecule has 1 aromatic heterocycles. The van der Waals surface area contributed by atoms with Crippen LogP contribution in [0.4, 0.5) is 5.69 Å². The average molecular weight is 480 g/mol. The molecule has 0 aliphatic carbocycles. The molecule has 0 bridgehead atoms. The Hall–Kier alpha value is -3.79. The van der Waals surface area contributed by atoms with Gasteiger partial charge in [0, 0.05) is 38.4 Å². The molecule has 1 aromatic carbocycles. The lowest BCUT2D eigenvalue weighted by Crippen LogP contribution is -2.45. The van der Waals surface area contributed by atoms with E-state index in [1.807, 2.05) is 48.3 Å². The van der Waals surface area contributed by atoms with Crippen LogP contribution in [0.5, 0.6) is 0 Å². The van der Waals surface area contributed by atoms with E-state index in [9.17, 15) is 9.59 Å². The predicted molar refractivity (Wildman–Crippen MR) is 131 cm³/mol. The largest absolute Gasteiger partial charge is 0.480 e. The molecule has 35 heavy (non-hydrogen) atoms. The van der Waals surface area contributed by atoms with Crippen molar-refractivity contribution in [2.75, 3.05) is 31.3 Å². The summed E-state index contributed by atoms with van der Waals surface area (Å²) in [5.74, 6) is -1.08. The minimum atomic E-state index is -0.985. The fraction of sp³-hybridized carbons (Fsp3) is 0.400. The number of likely N-dealkylation sites (tertiary alicyclic amines) is 1. The van der Waals surface area contributed by atoms with Crippen molar-refractivity contribution in [1.82, 2.24) is 9.88 Å². The van der Waals surface area contributed by atoms with Crippen LogP contribution in [0, 0.1) is 0 Å². The highest BCUT2D eigenvalue weighted by Crippen LogP contribution is 2.22. The molecule has 2 aliphatic rings. The number of anilines is 1. The molecule has 3 heterocycles. The first kappa shape index (κ1) is 24.3. The van der Waals surface area contributed by atoms with Crippen molar-refractivity contribution in [2.45, 2.75) is 38.4 Å². The number of hydrogen-bond acceptors (Lipinski definition) is 8. The summed E-state index contributed by atoms with van der Waals surface area (Å²) >= 11 is 0. The van der Waals surface area contributed by atoms with Gasteiger partial charge >= 0.3 is 5.97 Å². The lowest BCUT2D eigenvalue weighted by atomic mass is 10.0. The van der Waals surface area contributed by atoms with Gasteiger partial charge in [0.15, 0.2) is 0 Å². The van der Waals surface area contributed by atoms with E-state index in [0.717, 1.165) is 29.1 Å². The van der Waals surface area contributed by atoms with Gasteiger partial charge in [-0.25, -0.2) is 4.79 Å². The number of carboxylic acid groups (broad SMARTS) is 1. The maximum atomic E-state index is 12.9. The standard InChI is InChI=1S/C25H29N5O5/c1-2-30(20-7-11-26-12-8-20)27-16-18-3-5-19(6-4-18)22-15-23(35-28-22)25(33)29-13-9-21(10-14-29)34-17-24(31)32/h3-8,11-12,16,21,23H,2,9-10,13-15,17H2,1H3,(H,31,32). The minimum absolute atomic E-state index is 0.0973. The van der Waals surface area contributed by atoms with Gasteiger partial charge in [-0.2, -0.15) is 5.10 Å². The lowest BCUT2D eigenvalue weighted by Gasteiger charge is -2.32. The van der Waals surface area contributed by atoms with Gasteiger partial charge in [0.1, 0.15) is 6.61 Å². The number of piperidine rings is 1. The number of oxime groups is 1. The van der Waals surface area contributed by atoms with Crippen molar-refractivity contribution in [1.29, 1.82) is 0 Å². The predicted octanol–water partition coefficient (Wildman–Crippen LogP) is 2.53. The van der Waals surface area contributed by atoms with Crippen LogP contribution in [0.25, 0.3) is 0 Å². The molecule has 10 nitrogen and oxygen atoms in total. The first-order chi connectivity index (χ1) is 17.0. The summed E-state index contributed by atoms with van der Waals surface area (Å²) in [5, 5.41) is 19.3. The van der Waals surface area contributed by atoms with Gasteiger partial charge in [-0.15, -0.1) is 0 Å². The highest BCUT2D eigenvalue weighted by atomic mass is 16.6. The molecule has 0 spiro atoms. The van der Waals surface area contributed by atoms with E-state index in [4.69, 9.17) is 14.7 Å². The molecule has 1 saturated heterocycles. The summed E-state index contributed by atoms with van der Waals surface area (Å²) in [4.78, 5) is 34.8. The fourth-order valence-corrected chi connectivity index (χ4v) is 4.06. The number of pyridine rings is 1. The molecular weight excluding hydrogens is 450 g/mol. The summed E-state index contributed by atoms with van der Waals surface area (Å²) < 4.78 is 5.34. The van der Waals surface area contributed by atoms with Crippen molar-refractivity contribution >= 4 is 29.5 Å². The van der Waals surface area contributed by atoms with Gasteiger partial charge in [-0.3, -0.25) is 14.8 Å². The van der Waals surface area contributed by atoms with E-state index < -0.39 is 12.1 Å². The van der Waals surface area contributed by atoms with Gasteiger partial charge in [0.25, 0.3) is 5.91 Å². The molecule has 1 amide bonds. The first-order valence-corrected chi connectivity index (χ1v) is 11.7. The first-order valence-electron chi connectivity index (χ1n) is 11.7. The third-order valence-electron chi connectivity index (χ3n) is 5.99. The molecule has 1 atom stereocenters. The number of ether oxygens (including phenoxy) is 1. The van der Waals surface area contributed by atoms with E-state index in [-0.39, 0.29) is 18.6 Å². The quantitative estimate of drug-likeness (QED) is 0.434. The SMILES string of the molecule is CCN(N=Cc1ccc(C2=NOC(C(=O)N3CCC(OCC(=O)O)CC3)C2)cc1)c1ccncc1. The second kappa shape index (κ2) is 11.6. The fourth-order valence-electron chi connectivity index (χ4n) is 4.06. The number of aromatic nitrogens is 1. The Morgan fingerprint density at radius 2 is 1.91 bits per heavy atom. The number of hydrogen-bond donors (Lipinski definition) is 1. The number of rotatable bonds is 9. The Morgan fingerprint density at radius 1 is 1.20 bits per heavy atom. The third-order valence-corrected chi connectivity index (χ3v) is 5.99. The molecule has 1 unspecified atom stereocenters. The molecule has 10 heteroatoms. The molecule has 1 fully saturated rings. The van der Waals surface area contributed by atoms with E-state index in [1.54, 1.807) is 23.5 Å². The Kier molecular flexibility index (Phi) is 8.04. The van der Waals surface area contributed by atoms with Crippen molar-refractivity contribution in [3.8, 4) is 0 Å². The normalized spacial score (nSPS) is 18.4. The van der Waals surface area contributed by atoms with Gasteiger partial charge in [0.2, 0.25) is 6.10 Å². The Labute approximate surface area is 203 Å². The van der Waals surface area contributed by atoms with Crippen molar-refractivity contribution in [3.63, 3.8) is 0 Å². The number of aliphatic carboxylic acids is 1. The highest BCUT2D eigenvalue weighted by molar-refractivity contribution is 6.04. The zero-order valence-electron chi connectivity index (χ0n) is 19.6. The highest BCUT2D eigenvalue weighted by Gasteiger charge is 2.34. The van der Waals surface area contributed by atoms with Crippen LogP contribution < -0.4 is 5.01 Å². The smallest absolute Gasteiger partial charge is 0.329 e. The van der Waals surface area contributed by atoms with Crippen LogP contribution in [0.1, 0.15) is 37.3 Å². The second-order valence-electron chi connectivity index (χ2n) is 8.35.